The Morgan fingerprint density at radius 3 is 3.04 bits per heavy atom. The van der Waals surface area contributed by atoms with Crippen LogP contribution in [-0.4, -0.2) is 40.5 Å². The number of para-hydroxylation sites is 1. The normalized spacial score (nSPS) is 18.0. The van der Waals surface area contributed by atoms with Gasteiger partial charge in [0, 0.05) is 23.5 Å². The van der Waals surface area contributed by atoms with Crippen LogP contribution in [0.4, 0.5) is 0 Å². The van der Waals surface area contributed by atoms with E-state index in [0.717, 1.165) is 21.6 Å². The minimum atomic E-state index is -0.136. The Balaban J connectivity index is 1.73. The van der Waals surface area contributed by atoms with Crippen LogP contribution in [0.25, 0.3) is 10.9 Å². The lowest BCUT2D eigenvalue weighted by molar-refractivity contribution is -0.00365. The molecule has 3 heterocycles. The predicted octanol–water partition coefficient (Wildman–Crippen LogP) is 3.21. The number of amides is 1. The van der Waals surface area contributed by atoms with E-state index >= 15 is 0 Å². The highest BCUT2D eigenvalue weighted by atomic mass is 32.1. The maximum absolute atomic E-state index is 13.2. The zero-order valence-electron chi connectivity index (χ0n) is 13.3. The van der Waals surface area contributed by atoms with E-state index in [4.69, 9.17) is 4.74 Å². The number of hydrogen-bond acceptors (Lipinski definition) is 5. The first kappa shape index (κ1) is 15.2. The van der Waals surface area contributed by atoms with Crippen molar-refractivity contribution in [3.05, 3.63) is 58.2 Å². The highest BCUT2D eigenvalue weighted by Crippen LogP contribution is 2.28. The Morgan fingerprint density at radius 1 is 1.33 bits per heavy atom. The minimum Gasteiger partial charge on any atom is -0.377 e. The zero-order valence-corrected chi connectivity index (χ0v) is 14.1. The highest BCUT2D eigenvalue weighted by Gasteiger charge is 2.31. The van der Waals surface area contributed by atoms with Crippen molar-refractivity contribution < 1.29 is 9.53 Å². The summed E-state index contributed by atoms with van der Waals surface area (Å²) < 4.78 is 5.61. The van der Waals surface area contributed by atoms with E-state index in [2.05, 4.69) is 9.97 Å². The van der Waals surface area contributed by atoms with Crippen molar-refractivity contribution >= 4 is 28.1 Å². The monoisotopic (exact) mass is 339 g/mol. The van der Waals surface area contributed by atoms with Crippen LogP contribution >= 0.6 is 11.3 Å². The van der Waals surface area contributed by atoms with E-state index in [1.807, 2.05) is 41.5 Å². The van der Waals surface area contributed by atoms with Crippen LogP contribution < -0.4 is 0 Å². The van der Waals surface area contributed by atoms with Crippen LogP contribution in [0.2, 0.25) is 0 Å². The van der Waals surface area contributed by atoms with Gasteiger partial charge in [0.05, 0.1) is 41.0 Å². The van der Waals surface area contributed by atoms with Crippen LogP contribution in [0.15, 0.2) is 41.9 Å². The Kier molecular flexibility index (Phi) is 4.00. The molecule has 1 fully saturated rings. The van der Waals surface area contributed by atoms with Crippen molar-refractivity contribution in [2.75, 3.05) is 19.8 Å². The fourth-order valence-corrected chi connectivity index (χ4v) is 3.72. The van der Waals surface area contributed by atoms with Gasteiger partial charge in [-0.1, -0.05) is 18.2 Å². The fraction of sp³-hybridized carbons (Fsp3) is 0.278. The third-order valence-electron chi connectivity index (χ3n) is 4.25. The number of carbonyl (C=O) groups is 1. The highest BCUT2D eigenvalue weighted by molar-refractivity contribution is 7.09. The largest absolute Gasteiger partial charge is 0.377 e. The molecule has 0 radical (unpaired) electrons. The summed E-state index contributed by atoms with van der Waals surface area (Å²) in [6.45, 7) is 3.57. The van der Waals surface area contributed by atoms with Gasteiger partial charge in [0.2, 0.25) is 0 Å². The van der Waals surface area contributed by atoms with Gasteiger partial charge in [0.1, 0.15) is 0 Å². The first-order chi connectivity index (χ1) is 11.7. The van der Waals surface area contributed by atoms with Gasteiger partial charge < -0.3 is 9.64 Å². The Bertz CT molecular complexity index is 887. The van der Waals surface area contributed by atoms with E-state index in [9.17, 15) is 4.79 Å². The van der Waals surface area contributed by atoms with E-state index in [1.54, 1.807) is 23.6 Å². The molecule has 5 nitrogen and oxygen atoms in total. The van der Waals surface area contributed by atoms with E-state index < -0.39 is 0 Å². The second-order valence-corrected chi connectivity index (χ2v) is 6.82. The molecule has 1 aliphatic rings. The van der Waals surface area contributed by atoms with Crippen LogP contribution in [-0.2, 0) is 4.74 Å². The van der Waals surface area contributed by atoms with E-state index in [0.29, 0.717) is 25.3 Å². The molecule has 1 aliphatic heterocycles. The summed E-state index contributed by atoms with van der Waals surface area (Å²) in [5.74, 6) is 0.00699. The minimum absolute atomic E-state index is 0.00699. The SMILES string of the molecule is Cc1nc([C@@H]2COCCN2C(=O)c2ccnc3ccccc23)cs1. The van der Waals surface area contributed by atoms with Gasteiger partial charge in [-0.3, -0.25) is 9.78 Å². The summed E-state index contributed by atoms with van der Waals surface area (Å²) in [6.07, 6.45) is 1.69. The summed E-state index contributed by atoms with van der Waals surface area (Å²) >= 11 is 1.60. The number of morpholine rings is 1. The molecule has 0 bridgehead atoms. The number of nitrogens with zero attached hydrogens (tertiary/aromatic N) is 3. The fourth-order valence-electron chi connectivity index (χ4n) is 3.06. The van der Waals surface area contributed by atoms with Crippen LogP contribution in [0, 0.1) is 6.92 Å². The van der Waals surface area contributed by atoms with Gasteiger partial charge in [-0.15, -0.1) is 11.3 Å². The number of hydrogen-bond donors (Lipinski definition) is 0. The molecule has 1 saturated heterocycles. The van der Waals surface area contributed by atoms with E-state index in [1.165, 1.54) is 0 Å². The predicted molar refractivity (Wildman–Crippen MR) is 93.2 cm³/mol. The summed E-state index contributed by atoms with van der Waals surface area (Å²) in [7, 11) is 0. The first-order valence-electron chi connectivity index (χ1n) is 7.88. The molecule has 1 amide bonds. The van der Waals surface area contributed by atoms with Crippen LogP contribution in [0.1, 0.15) is 27.1 Å². The van der Waals surface area contributed by atoms with Crippen molar-refractivity contribution in [3.63, 3.8) is 0 Å². The molecule has 1 atom stereocenters. The molecule has 122 valence electrons. The van der Waals surface area contributed by atoms with Crippen molar-refractivity contribution in [3.8, 4) is 0 Å². The number of ether oxygens (including phenoxy) is 1. The first-order valence-corrected chi connectivity index (χ1v) is 8.76. The maximum Gasteiger partial charge on any atom is 0.255 e. The number of pyridine rings is 1. The molecule has 0 saturated carbocycles. The quantitative estimate of drug-likeness (QED) is 0.719. The number of carbonyl (C=O) groups excluding carboxylic acids is 1. The Morgan fingerprint density at radius 2 is 2.21 bits per heavy atom. The molecule has 0 N–H and O–H groups in total. The number of aromatic nitrogens is 2. The van der Waals surface area contributed by atoms with Gasteiger partial charge in [-0.2, -0.15) is 0 Å². The number of fused-ring (bicyclic) bond motifs is 1. The third kappa shape index (κ3) is 2.68. The van der Waals surface area contributed by atoms with Gasteiger partial charge in [-0.25, -0.2) is 4.98 Å². The number of thiazole rings is 1. The second-order valence-electron chi connectivity index (χ2n) is 5.76. The molecular weight excluding hydrogens is 322 g/mol. The zero-order chi connectivity index (χ0) is 16.5. The molecule has 3 aromatic rings. The van der Waals surface area contributed by atoms with Crippen molar-refractivity contribution in [1.82, 2.24) is 14.9 Å². The Hall–Kier alpha value is -2.31. The smallest absolute Gasteiger partial charge is 0.255 e. The lowest BCUT2D eigenvalue weighted by atomic mass is 10.1. The summed E-state index contributed by atoms with van der Waals surface area (Å²) in [5.41, 5.74) is 2.42. The molecular formula is C18H17N3O2S. The summed E-state index contributed by atoms with van der Waals surface area (Å²) in [5, 5.41) is 3.89. The Labute approximate surface area is 143 Å². The number of rotatable bonds is 2. The average Bonchev–Trinajstić information content (AvgIpc) is 3.07. The molecule has 2 aromatic heterocycles. The topological polar surface area (TPSA) is 55.3 Å². The molecule has 24 heavy (non-hydrogen) atoms. The summed E-state index contributed by atoms with van der Waals surface area (Å²) in [6, 6.07) is 9.39. The molecule has 0 unspecified atom stereocenters. The second kappa shape index (κ2) is 6.30. The number of aryl methyl sites for hydroxylation is 1. The van der Waals surface area contributed by atoms with Crippen LogP contribution in [0.5, 0.6) is 0 Å². The molecule has 0 spiro atoms. The third-order valence-corrected chi connectivity index (χ3v) is 5.04. The van der Waals surface area contributed by atoms with Crippen molar-refractivity contribution in [1.29, 1.82) is 0 Å². The van der Waals surface area contributed by atoms with Gasteiger partial charge >= 0.3 is 0 Å². The maximum atomic E-state index is 13.2. The van der Waals surface area contributed by atoms with Gasteiger partial charge in [0.15, 0.2) is 0 Å². The lowest BCUT2D eigenvalue weighted by Crippen LogP contribution is -2.43. The van der Waals surface area contributed by atoms with Crippen molar-refractivity contribution in [2.24, 2.45) is 0 Å². The lowest BCUT2D eigenvalue weighted by Gasteiger charge is -2.35. The molecule has 0 aliphatic carbocycles. The molecule has 4 rings (SSSR count). The van der Waals surface area contributed by atoms with Gasteiger partial charge in [-0.05, 0) is 19.1 Å². The van der Waals surface area contributed by atoms with Gasteiger partial charge in [0.25, 0.3) is 5.91 Å². The van der Waals surface area contributed by atoms with E-state index in [-0.39, 0.29) is 11.9 Å². The standard InChI is InChI=1S/C18H17N3O2S/c1-12-20-16(11-24-12)17-10-23-9-8-21(17)18(22)14-6-7-19-15-5-3-2-4-13(14)15/h2-7,11,17H,8-10H2,1H3/t17-/m0/s1. The van der Waals surface area contributed by atoms with Crippen molar-refractivity contribution in [2.45, 2.75) is 13.0 Å². The molecule has 6 heteroatoms. The number of benzene rings is 1. The molecule has 1 aromatic carbocycles. The van der Waals surface area contributed by atoms with Crippen LogP contribution in [0.3, 0.4) is 0 Å². The summed E-state index contributed by atoms with van der Waals surface area (Å²) in [4.78, 5) is 24.0. The average molecular weight is 339 g/mol.